The summed E-state index contributed by atoms with van der Waals surface area (Å²) in [6.45, 7) is 0. The van der Waals surface area contributed by atoms with E-state index in [4.69, 9.17) is 11.6 Å². The summed E-state index contributed by atoms with van der Waals surface area (Å²) in [7, 11) is -3.17. The normalized spacial score (nSPS) is 13.9. The van der Waals surface area contributed by atoms with Crippen LogP contribution >= 0.6 is 11.6 Å². The van der Waals surface area contributed by atoms with Crippen molar-refractivity contribution in [2.45, 2.75) is 11.0 Å². The number of benzene rings is 1. The third kappa shape index (κ3) is 2.70. The Labute approximate surface area is 88.2 Å². The van der Waals surface area contributed by atoms with Gasteiger partial charge in [-0.3, -0.25) is 0 Å². The Bertz CT molecular complexity index is 397. The zero-order chi connectivity index (χ0) is 10.8. The van der Waals surface area contributed by atoms with Crippen LogP contribution in [0.15, 0.2) is 29.2 Å². The number of sulfone groups is 1. The molecule has 1 aromatic carbocycles. The number of aliphatic hydroxyl groups is 1. The van der Waals surface area contributed by atoms with Crippen molar-refractivity contribution in [1.82, 2.24) is 0 Å². The minimum absolute atomic E-state index is 0.0955. The number of alkyl halides is 1. The molecule has 14 heavy (non-hydrogen) atoms. The molecule has 0 aliphatic rings. The predicted molar refractivity (Wildman–Crippen MR) is 55.2 cm³/mol. The molecular formula is C9H11ClO3S. The first-order valence-corrected chi connectivity index (χ1v) is 6.42. The van der Waals surface area contributed by atoms with Crippen molar-refractivity contribution in [3.05, 3.63) is 29.8 Å². The standard InChI is InChI=1S/C9H11ClO3S/c1-14(12,13)8-4-2-7(3-5-8)9(11)6-10/h2-5,9,11H,6H2,1H3/t9-/m1/s1. The lowest BCUT2D eigenvalue weighted by Crippen LogP contribution is -2.01. The third-order valence-corrected chi connectivity index (χ3v) is 3.26. The predicted octanol–water partition coefficient (Wildman–Crippen LogP) is 1.36. The highest BCUT2D eigenvalue weighted by molar-refractivity contribution is 7.90. The summed E-state index contributed by atoms with van der Waals surface area (Å²) in [5.41, 5.74) is 0.618. The van der Waals surface area contributed by atoms with Gasteiger partial charge < -0.3 is 5.11 Å². The number of hydrogen-bond donors (Lipinski definition) is 1. The lowest BCUT2D eigenvalue weighted by molar-refractivity contribution is 0.202. The molecule has 5 heteroatoms. The fourth-order valence-corrected chi connectivity index (χ4v) is 1.83. The largest absolute Gasteiger partial charge is 0.387 e. The SMILES string of the molecule is CS(=O)(=O)c1ccc([C@H](O)CCl)cc1. The van der Waals surface area contributed by atoms with E-state index in [0.29, 0.717) is 5.56 Å². The molecule has 0 bridgehead atoms. The van der Waals surface area contributed by atoms with E-state index in [1.807, 2.05) is 0 Å². The fourth-order valence-electron chi connectivity index (χ4n) is 1.03. The molecule has 3 nitrogen and oxygen atoms in total. The van der Waals surface area contributed by atoms with Crippen molar-refractivity contribution in [3.8, 4) is 0 Å². The van der Waals surface area contributed by atoms with E-state index in [1.54, 1.807) is 12.1 Å². The zero-order valence-electron chi connectivity index (χ0n) is 7.64. The number of halogens is 1. The van der Waals surface area contributed by atoms with Crippen molar-refractivity contribution in [3.63, 3.8) is 0 Å². The molecule has 0 saturated carbocycles. The molecule has 0 radical (unpaired) electrons. The van der Waals surface area contributed by atoms with E-state index in [-0.39, 0.29) is 10.8 Å². The van der Waals surface area contributed by atoms with Gasteiger partial charge in [0.1, 0.15) is 0 Å². The molecule has 0 heterocycles. The second kappa shape index (κ2) is 4.29. The lowest BCUT2D eigenvalue weighted by atomic mass is 10.1. The molecule has 1 N–H and O–H groups in total. The molecule has 1 atom stereocenters. The van der Waals surface area contributed by atoms with Gasteiger partial charge in [-0.1, -0.05) is 12.1 Å². The maximum absolute atomic E-state index is 11.1. The number of hydrogen-bond acceptors (Lipinski definition) is 3. The van der Waals surface area contributed by atoms with E-state index < -0.39 is 15.9 Å². The van der Waals surface area contributed by atoms with Crippen molar-refractivity contribution in [2.75, 3.05) is 12.1 Å². The van der Waals surface area contributed by atoms with E-state index in [1.165, 1.54) is 12.1 Å². The minimum atomic E-state index is -3.17. The molecule has 0 fully saturated rings. The lowest BCUT2D eigenvalue weighted by Gasteiger charge is -2.07. The summed E-state index contributed by atoms with van der Waals surface area (Å²) in [5, 5.41) is 9.34. The minimum Gasteiger partial charge on any atom is -0.387 e. The van der Waals surface area contributed by atoms with Crippen LogP contribution < -0.4 is 0 Å². The van der Waals surface area contributed by atoms with E-state index in [0.717, 1.165) is 6.26 Å². The average molecular weight is 235 g/mol. The van der Waals surface area contributed by atoms with Crippen molar-refractivity contribution >= 4 is 21.4 Å². The average Bonchev–Trinajstić information content (AvgIpc) is 2.15. The van der Waals surface area contributed by atoms with Crippen molar-refractivity contribution in [2.24, 2.45) is 0 Å². The van der Waals surface area contributed by atoms with Crippen LogP contribution in [0.25, 0.3) is 0 Å². The third-order valence-electron chi connectivity index (χ3n) is 1.84. The Morgan fingerprint density at radius 3 is 2.21 bits per heavy atom. The van der Waals surface area contributed by atoms with Crippen LogP contribution in [-0.4, -0.2) is 25.7 Å². The van der Waals surface area contributed by atoms with Gasteiger partial charge >= 0.3 is 0 Å². The molecule has 0 aliphatic carbocycles. The highest BCUT2D eigenvalue weighted by atomic mass is 35.5. The van der Waals surface area contributed by atoms with E-state index >= 15 is 0 Å². The van der Waals surface area contributed by atoms with Gasteiger partial charge in [-0.2, -0.15) is 0 Å². The molecule has 1 rings (SSSR count). The first-order chi connectivity index (χ1) is 6.45. The van der Waals surface area contributed by atoms with Gasteiger partial charge in [0.05, 0.1) is 16.9 Å². The summed E-state index contributed by atoms with van der Waals surface area (Å²) in [5.74, 6) is 0.0955. The molecule has 0 spiro atoms. The second-order valence-electron chi connectivity index (χ2n) is 3.01. The van der Waals surface area contributed by atoms with Gasteiger partial charge in [0.2, 0.25) is 0 Å². The first-order valence-electron chi connectivity index (χ1n) is 3.99. The summed E-state index contributed by atoms with van der Waals surface area (Å²) in [6.07, 6.45) is 0.394. The highest BCUT2D eigenvalue weighted by Gasteiger charge is 2.09. The van der Waals surface area contributed by atoms with E-state index in [2.05, 4.69) is 0 Å². The van der Waals surface area contributed by atoms with Crippen LogP contribution in [0.3, 0.4) is 0 Å². The Balaban J connectivity index is 3.01. The smallest absolute Gasteiger partial charge is 0.175 e. The van der Waals surface area contributed by atoms with Crippen LogP contribution in [-0.2, 0) is 9.84 Å². The number of aliphatic hydroxyl groups excluding tert-OH is 1. The van der Waals surface area contributed by atoms with Gasteiger partial charge in [0.15, 0.2) is 9.84 Å². The Morgan fingerprint density at radius 2 is 1.86 bits per heavy atom. The van der Waals surface area contributed by atoms with Crippen LogP contribution in [0, 0.1) is 0 Å². The highest BCUT2D eigenvalue weighted by Crippen LogP contribution is 2.17. The molecule has 0 unspecified atom stereocenters. The van der Waals surface area contributed by atoms with Gasteiger partial charge in [-0.15, -0.1) is 11.6 Å². The molecule has 1 aromatic rings. The first kappa shape index (κ1) is 11.5. The Morgan fingerprint density at radius 1 is 1.36 bits per heavy atom. The van der Waals surface area contributed by atoms with Gasteiger partial charge in [0, 0.05) is 6.26 Å². The maximum Gasteiger partial charge on any atom is 0.175 e. The monoisotopic (exact) mass is 234 g/mol. The Kier molecular flexibility index (Phi) is 3.53. The van der Waals surface area contributed by atoms with Crippen LogP contribution in [0.2, 0.25) is 0 Å². The van der Waals surface area contributed by atoms with Gasteiger partial charge in [0.25, 0.3) is 0 Å². The van der Waals surface area contributed by atoms with Crippen LogP contribution in [0.1, 0.15) is 11.7 Å². The molecule has 78 valence electrons. The Hall–Kier alpha value is -0.580. The van der Waals surface area contributed by atoms with Crippen molar-refractivity contribution < 1.29 is 13.5 Å². The topological polar surface area (TPSA) is 54.4 Å². The van der Waals surface area contributed by atoms with E-state index in [9.17, 15) is 13.5 Å². The number of rotatable bonds is 3. The molecular weight excluding hydrogens is 224 g/mol. The quantitative estimate of drug-likeness (QED) is 0.804. The second-order valence-corrected chi connectivity index (χ2v) is 5.34. The van der Waals surface area contributed by atoms with Crippen LogP contribution in [0.4, 0.5) is 0 Å². The van der Waals surface area contributed by atoms with Crippen molar-refractivity contribution in [1.29, 1.82) is 0 Å². The summed E-state index contributed by atoms with van der Waals surface area (Å²) < 4.78 is 22.2. The molecule has 0 aliphatic heterocycles. The zero-order valence-corrected chi connectivity index (χ0v) is 9.22. The summed E-state index contributed by atoms with van der Waals surface area (Å²) in [4.78, 5) is 0.239. The molecule has 0 aromatic heterocycles. The molecule has 0 saturated heterocycles. The summed E-state index contributed by atoms with van der Waals surface area (Å²) in [6, 6.07) is 6.04. The van der Waals surface area contributed by atoms with Gasteiger partial charge in [-0.25, -0.2) is 8.42 Å². The van der Waals surface area contributed by atoms with Gasteiger partial charge in [-0.05, 0) is 17.7 Å². The maximum atomic E-state index is 11.1. The fraction of sp³-hybridized carbons (Fsp3) is 0.333. The van der Waals surface area contributed by atoms with Crippen LogP contribution in [0.5, 0.6) is 0 Å². The molecule has 0 amide bonds. The summed E-state index contributed by atoms with van der Waals surface area (Å²) >= 11 is 5.45.